The minimum Gasteiger partial charge on any atom is -0.492 e. The van der Waals surface area contributed by atoms with Gasteiger partial charge in [0, 0.05) is 18.5 Å². The molecule has 1 aromatic heterocycles. The first-order chi connectivity index (χ1) is 12.4. The highest BCUT2D eigenvalue weighted by atomic mass is 32.2. The van der Waals surface area contributed by atoms with Gasteiger partial charge in [-0.25, -0.2) is 17.2 Å². The fourth-order valence-corrected chi connectivity index (χ4v) is 3.37. The molecule has 136 valence electrons. The molecule has 3 rings (SSSR count). The molecule has 0 unspecified atom stereocenters. The van der Waals surface area contributed by atoms with Gasteiger partial charge >= 0.3 is 0 Å². The van der Waals surface area contributed by atoms with Crippen molar-refractivity contribution in [3.63, 3.8) is 0 Å². The molecule has 0 spiro atoms. The molecular formula is C17H15F2N3O3S. The third-order valence-electron chi connectivity index (χ3n) is 3.42. The Morgan fingerprint density at radius 2 is 1.96 bits per heavy atom. The lowest BCUT2D eigenvalue weighted by atomic mass is 10.3. The first kappa shape index (κ1) is 17.9. The van der Waals surface area contributed by atoms with Crippen LogP contribution in [0, 0.1) is 11.6 Å². The van der Waals surface area contributed by atoms with Gasteiger partial charge in [-0.1, -0.05) is 6.07 Å². The molecule has 1 heterocycles. The minimum absolute atomic E-state index is 0.172. The Morgan fingerprint density at radius 1 is 1.12 bits per heavy atom. The summed E-state index contributed by atoms with van der Waals surface area (Å²) >= 11 is 0. The largest absolute Gasteiger partial charge is 0.492 e. The second kappa shape index (κ2) is 7.52. The zero-order chi connectivity index (χ0) is 18.6. The molecule has 0 aliphatic heterocycles. The predicted octanol–water partition coefficient (Wildman–Crippen LogP) is 3.04. The zero-order valence-electron chi connectivity index (χ0n) is 13.5. The van der Waals surface area contributed by atoms with E-state index in [1.54, 1.807) is 35.3 Å². The normalized spacial score (nSPS) is 11.3. The molecular weight excluding hydrogens is 364 g/mol. The fraction of sp³-hybridized carbons (Fsp3) is 0.118. The molecule has 0 bridgehead atoms. The van der Waals surface area contributed by atoms with E-state index in [9.17, 15) is 17.2 Å². The number of sulfonamides is 1. The van der Waals surface area contributed by atoms with E-state index in [0.717, 1.165) is 12.1 Å². The molecule has 9 heteroatoms. The summed E-state index contributed by atoms with van der Waals surface area (Å²) in [6.07, 6.45) is 3.45. The maximum atomic E-state index is 13.7. The summed E-state index contributed by atoms with van der Waals surface area (Å²) in [6.45, 7) is 0.855. The highest BCUT2D eigenvalue weighted by Gasteiger charge is 2.20. The average Bonchev–Trinajstić information content (AvgIpc) is 3.10. The fourth-order valence-electron chi connectivity index (χ4n) is 2.23. The van der Waals surface area contributed by atoms with Gasteiger partial charge in [-0.3, -0.25) is 9.40 Å². The molecule has 0 aliphatic carbocycles. The first-order valence-electron chi connectivity index (χ1n) is 7.62. The molecule has 6 nitrogen and oxygen atoms in total. The van der Waals surface area contributed by atoms with Crippen molar-refractivity contribution < 1.29 is 21.9 Å². The Bertz CT molecular complexity index is 992. The lowest BCUT2D eigenvalue weighted by Gasteiger charge is -2.11. The van der Waals surface area contributed by atoms with E-state index in [0.29, 0.717) is 25.0 Å². The second-order valence-corrected chi connectivity index (χ2v) is 6.98. The van der Waals surface area contributed by atoms with E-state index in [-0.39, 0.29) is 5.69 Å². The van der Waals surface area contributed by atoms with Gasteiger partial charge in [0.05, 0.1) is 12.2 Å². The van der Waals surface area contributed by atoms with E-state index in [1.807, 2.05) is 0 Å². The number of nitrogens with one attached hydrogen (secondary N) is 1. The maximum absolute atomic E-state index is 13.7. The summed E-state index contributed by atoms with van der Waals surface area (Å²) in [4.78, 5) is -0.762. The number of aromatic nitrogens is 2. The predicted molar refractivity (Wildman–Crippen MR) is 91.3 cm³/mol. The van der Waals surface area contributed by atoms with Crippen molar-refractivity contribution >= 4 is 15.7 Å². The molecule has 0 radical (unpaired) electrons. The molecule has 26 heavy (non-hydrogen) atoms. The number of benzene rings is 2. The highest BCUT2D eigenvalue weighted by molar-refractivity contribution is 7.92. The van der Waals surface area contributed by atoms with Crippen LogP contribution in [0.3, 0.4) is 0 Å². The van der Waals surface area contributed by atoms with Gasteiger partial charge in [0.25, 0.3) is 10.0 Å². The molecule has 0 atom stereocenters. The summed E-state index contributed by atoms with van der Waals surface area (Å²) in [6, 6.07) is 10.2. The summed E-state index contributed by atoms with van der Waals surface area (Å²) < 4.78 is 61.0. The Kier molecular flexibility index (Phi) is 5.17. The van der Waals surface area contributed by atoms with Crippen molar-refractivity contribution in [2.75, 3.05) is 11.3 Å². The quantitative estimate of drug-likeness (QED) is 0.685. The number of rotatable bonds is 7. The van der Waals surface area contributed by atoms with E-state index < -0.39 is 26.6 Å². The number of nitrogens with zero attached hydrogens (tertiary/aromatic N) is 2. The van der Waals surface area contributed by atoms with Gasteiger partial charge in [0.2, 0.25) is 0 Å². The Labute approximate surface area is 149 Å². The van der Waals surface area contributed by atoms with Gasteiger partial charge in [-0.2, -0.15) is 5.10 Å². The van der Waals surface area contributed by atoms with Crippen LogP contribution in [0.5, 0.6) is 5.75 Å². The minimum atomic E-state index is -4.27. The smallest absolute Gasteiger partial charge is 0.264 e. The second-order valence-electron chi connectivity index (χ2n) is 5.33. The first-order valence-corrected chi connectivity index (χ1v) is 9.10. The third kappa shape index (κ3) is 4.37. The number of hydrogen-bond acceptors (Lipinski definition) is 4. The molecule has 0 aliphatic rings. The molecule has 0 amide bonds. The van der Waals surface area contributed by atoms with Gasteiger partial charge < -0.3 is 4.74 Å². The van der Waals surface area contributed by atoms with Crippen molar-refractivity contribution in [2.24, 2.45) is 0 Å². The van der Waals surface area contributed by atoms with Crippen LogP contribution in [-0.4, -0.2) is 24.8 Å². The van der Waals surface area contributed by atoms with Crippen LogP contribution in [0.25, 0.3) is 0 Å². The number of ether oxygens (including phenoxy) is 1. The average molecular weight is 379 g/mol. The van der Waals surface area contributed by atoms with Crippen LogP contribution in [-0.2, 0) is 16.6 Å². The van der Waals surface area contributed by atoms with Gasteiger partial charge in [0.15, 0.2) is 0 Å². The summed E-state index contributed by atoms with van der Waals surface area (Å²) in [5.41, 5.74) is 0.172. The maximum Gasteiger partial charge on any atom is 0.264 e. The Morgan fingerprint density at radius 3 is 2.73 bits per heavy atom. The molecule has 0 fully saturated rings. The monoisotopic (exact) mass is 379 g/mol. The van der Waals surface area contributed by atoms with Gasteiger partial charge in [-0.15, -0.1) is 0 Å². The van der Waals surface area contributed by atoms with E-state index in [4.69, 9.17) is 4.74 Å². The highest BCUT2D eigenvalue weighted by Crippen LogP contribution is 2.23. The molecule has 3 aromatic rings. The molecule has 1 N–H and O–H groups in total. The molecule has 0 saturated heterocycles. The lowest BCUT2D eigenvalue weighted by Crippen LogP contribution is -2.15. The summed E-state index contributed by atoms with van der Waals surface area (Å²) in [7, 11) is -4.27. The molecule has 2 aromatic carbocycles. The van der Waals surface area contributed by atoms with E-state index in [1.165, 1.54) is 12.1 Å². The topological polar surface area (TPSA) is 73.2 Å². The van der Waals surface area contributed by atoms with Crippen molar-refractivity contribution in [3.05, 3.63) is 72.6 Å². The van der Waals surface area contributed by atoms with Crippen LogP contribution in [0.15, 0.2) is 65.8 Å². The lowest BCUT2D eigenvalue weighted by molar-refractivity contribution is 0.291. The number of anilines is 1. The Hall–Kier alpha value is -2.94. The van der Waals surface area contributed by atoms with Crippen molar-refractivity contribution in [3.8, 4) is 5.75 Å². The SMILES string of the molecule is O=S(=O)(Nc1cccc(OCCn2cccn2)c1)c1cc(F)ccc1F. The van der Waals surface area contributed by atoms with Crippen LogP contribution < -0.4 is 9.46 Å². The van der Waals surface area contributed by atoms with Crippen LogP contribution in [0.1, 0.15) is 0 Å². The summed E-state index contributed by atoms with van der Waals surface area (Å²) in [5, 5.41) is 4.04. The van der Waals surface area contributed by atoms with E-state index >= 15 is 0 Å². The van der Waals surface area contributed by atoms with Crippen LogP contribution in [0.4, 0.5) is 14.5 Å². The standard InChI is InChI=1S/C17H15F2N3O3S/c18-13-5-6-16(19)17(11-13)26(23,24)21-14-3-1-4-15(12-14)25-10-9-22-8-2-7-20-22/h1-8,11-12,21H,9-10H2. The van der Waals surface area contributed by atoms with Gasteiger partial charge in [0.1, 0.15) is 28.9 Å². The van der Waals surface area contributed by atoms with Crippen molar-refractivity contribution in [1.29, 1.82) is 0 Å². The van der Waals surface area contributed by atoms with Crippen molar-refractivity contribution in [1.82, 2.24) is 9.78 Å². The Balaban J connectivity index is 1.70. The molecule has 0 saturated carbocycles. The van der Waals surface area contributed by atoms with Crippen LogP contribution >= 0.6 is 0 Å². The number of hydrogen-bond donors (Lipinski definition) is 1. The van der Waals surface area contributed by atoms with Crippen molar-refractivity contribution in [2.45, 2.75) is 11.4 Å². The van der Waals surface area contributed by atoms with Crippen LogP contribution in [0.2, 0.25) is 0 Å². The number of halogens is 2. The van der Waals surface area contributed by atoms with E-state index in [2.05, 4.69) is 9.82 Å². The zero-order valence-corrected chi connectivity index (χ0v) is 14.3. The van der Waals surface area contributed by atoms with Gasteiger partial charge in [-0.05, 0) is 36.4 Å². The third-order valence-corrected chi connectivity index (χ3v) is 4.81. The summed E-state index contributed by atoms with van der Waals surface area (Å²) in [5.74, 6) is -1.45.